The molecular formula is C27H26ClF3N4O. The average Bonchev–Trinajstić information content (AvgIpc) is 3.27. The molecule has 36 heavy (non-hydrogen) atoms. The molecule has 188 valence electrons. The van der Waals surface area contributed by atoms with Crippen LogP contribution in [0.1, 0.15) is 53.6 Å². The molecule has 3 heterocycles. The smallest absolute Gasteiger partial charge is 0.357 e. The molecule has 0 aliphatic carbocycles. The van der Waals surface area contributed by atoms with E-state index in [2.05, 4.69) is 10.2 Å². The number of halogens is 4. The Morgan fingerprint density at radius 1 is 0.972 bits per heavy atom. The zero-order valence-corrected chi connectivity index (χ0v) is 20.3. The number of benzene rings is 2. The molecule has 0 radical (unpaired) electrons. The Labute approximate surface area is 212 Å². The summed E-state index contributed by atoms with van der Waals surface area (Å²) in [5, 5.41) is 3.37. The van der Waals surface area contributed by atoms with Crippen LogP contribution in [0.25, 0.3) is 0 Å². The summed E-state index contributed by atoms with van der Waals surface area (Å²) in [4.78, 5) is 21.7. The molecule has 1 N–H and O–H groups in total. The summed E-state index contributed by atoms with van der Waals surface area (Å²) >= 11 is 6.12. The molecule has 1 aromatic heterocycles. The number of pyridine rings is 1. The molecule has 2 fully saturated rings. The highest BCUT2D eigenvalue weighted by Crippen LogP contribution is 2.40. The highest BCUT2D eigenvalue weighted by atomic mass is 35.5. The van der Waals surface area contributed by atoms with E-state index in [0.29, 0.717) is 10.6 Å². The Kier molecular flexibility index (Phi) is 6.79. The number of alkyl halides is 3. The molecule has 2 saturated heterocycles. The molecular weight excluding hydrogens is 489 g/mol. The van der Waals surface area contributed by atoms with Crippen molar-refractivity contribution in [2.75, 3.05) is 24.5 Å². The third-order valence-corrected chi connectivity index (χ3v) is 7.10. The lowest BCUT2D eigenvalue weighted by molar-refractivity contribution is -0.137. The van der Waals surface area contributed by atoms with E-state index in [9.17, 15) is 18.0 Å². The lowest BCUT2D eigenvalue weighted by Crippen LogP contribution is -2.35. The second kappa shape index (κ2) is 10.0. The number of carbonyl (C=O) groups excluding carboxylic acids is 1. The van der Waals surface area contributed by atoms with E-state index in [1.54, 1.807) is 29.3 Å². The Morgan fingerprint density at radius 3 is 2.36 bits per heavy atom. The van der Waals surface area contributed by atoms with Crippen LogP contribution < -0.4 is 10.2 Å². The van der Waals surface area contributed by atoms with Crippen molar-refractivity contribution >= 4 is 23.4 Å². The van der Waals surface area contributed by atoms with E-state index in [1.165, 1.54) is 12.5 Å². The summed E-state index contributed by atoms with van der Waals surface area (Å²) in [6, 6.07) is 14.7. The molecule has 2 aliphatic rings. The minimum atomic E-state index is -4.47. The van der Waals surface area contributed by atoms with Crippen LogP contribution in [0.2, 0.25) is 5.02 Å². The number of rotatable bonds is 5. The van der Waals surface area contributed by atoms with Gasteiger partial charge >= 0.3 is 12.2 Å². The fourth-order valence-electron chi connectivity index (χ4n) is 5.04. The fraction of sp³-hybridized carbons (Fsp3) is 0.333. The number of nitrogens with one attached hydrogen (secondary N) is 1. The summed E-state index contributed by atoms with van der Waals surface area (Å²) in [5.74, 6) is 0.883. The van der Waals surface area contributed by atoms with Gasteiger partial charge in [-0.1, -0.05) is 41.9 Å². The first-order chi connectivity index (χ1) is 17.3. The molecule has 2 atom stereocenters. The number of nitrogens with zero attached hydrogens (tertiary/aromatic N) is 3. The summed E-state index contributed by atoms with van der Waals surface area (Å²) in [5.41, 5.74) is 1.24. The van der Waals surface area contributed by atoms with E-state index in [-0.39, 0.29) is 12.6 Å². The number of piperidine rings is 1. The SMILES string of the molecule is O=C1NC[C@H](c2cccc(C(F)(F)F)c2)N1C(c1ccc(Cl)cc1)c1ccc(N2CCCCC2)nc1. The third kappa shape index (κ3) is 5.00. The van der Waals surface area contributed by atoms with Crippen molar-refractivity contribution in [1.29, 1.82) is 0 Å². The molecule has 2 aromatic carbocycles. The van der Waals surface area contributed by atoms with Gasteiger partial charge in [0, 0.05) is 30.9 Å². The van der Waals surface area contributed by atoms with Crippen LogP contribution in [-0.2, 0) is 6.18 Å². The molecule has 3 aromatic rings. The molecule has 5 rings (SSSR count). The lowest BCUT2D eigenvalue weighted by Gasteiger charge is -2.33. The summed E-state index contributed by atoms with van der Waals surface area (Å²) in [6.07, 6.45) is 0.764. The van der Waals surface area contributed by atoms with Crippen LogP contribution in [0.4, 0.5) is 23.8 Å². The van der Waals surface area contributed by atoms with Gasteiger partial charge in [0.05, 0.1) is 17.6 Å². The molecule has 1 unspecified atom stereocenters. The predicted molar refractivity (Wildman–Crippen MR) is 133 cm³/mol. The van der Waals surface area contributed by atoms with Gasteiger partial charge in [-0.05, 0) is 66.3 Å². The predicted octanol–water partition coefficient (Wildman–Crippen LogP) is 6.60. The molecule has 2 aliphatic heterocycles. The van der Waals surface area contributed by atoms with Gasteiger partial charge in [0.15, 0.2) is 0 Å². The minimum Gasteiger partial charge on any atom is -0.357 e. The third-order valence-electron chi connectivity index (χ3n) is 6.85. The number of hydrogen-bond acceptors (Lipinski definition) is 3. The van der Waals surface area contributed by atoms with E-state index in [0.717, 1.165) is 55.0 Å². The largest absolute Gasteiger partial charge is 0.416 e. The van der Waals surface area contributed by atoms with Crippen molar-refractivity contribution in [2.45, 2.75) is 37.5 Å². The molecule has 0 bridgehead atoms. The highest BCUT2D eigenvalue weighted by molar-refractivity contribution is 6.30. The molecule has 2 amide bonds. The fourth-order valence-corrected chi connectivity index (χ4v) is 5.17. The Hall–Kier alpha value is -3.26. The van der Waals surface area contributed by atoms with Gasteiger partial charge in [0.1, 0.15) is 5.82 Å². The monoisotopic (exact) mass is 514 g/mol. The topological polar surface area (TPSA) is 48.5 Å². The maximum absolute atomic E-state index is 13.4. The number of anilines is 1. The van der Waals surface area contributed by atoms with Gasteiger partial charge in [0.25, 0.3) is 0 Å². The first-order valence-corrected chi connectivity index (χ1v) is 12.4. The highest BCUT2D eigenvalue weighted by Gasteiger charge is 2.40. The quantitative estimate of drug-likeness (QED) is 0.417. The summed E-state index contributed by atoms with van der Waals surface area (Å²) in [6.45, 7) is 2.11. The van der Waals surface area contributed by atoms with Crippen molar-refractivity contribution in [3.8, 4) is 0 Å². The molecule has 0 saturated carbocycles. The first-order valence-electron chi connectivity index (χ1n) is 12.0. The van der Waals surface area contributed by atoms with Gasteiger partial charge in [-0.3, -0.25) is 0 Å². The Balaban J connectivity index is 1.54. The van der Waals surface area contributed by atoms with Crippen molar-refractivity contribution in [1.82, 2.24) is 15.2 Å². The van der Waals surface area contributed by atoms with Crippen molar-refractivity contribution in [3.05, 3.63) is 94.1 Å². The van der Waals surface area contributed by atoms with Gasteiger partial charge < -0.3 is 15.1 Å². The van der Waals surface area contributed by atoms with Crippen molar-refractivity contribution in [2.24, 2.45) is 0 Å². The second-order valence-electron chi connectivity index (χ2n) is 9.18. The number of hydrogen-bond donors (Lipinski definition) is 1. The molecule has 5 nitrogen and oxygen atoms in total. The van der Waals surface area contributed by atoms with Gasteiger partial charge in [-0.2, -0.15) is 13.2 Å². The first kappa shape index (κ1) is 24.4. The van der Waals surface area contributed by atoms with Crippen LogP contribution in [0, 0.1) is 0 Å². The van der Waals surface area contributed by atoms with Crippen LogP contribution in [0.15, 0.2) is 66.9 Å². The second-order valence-corrected chi connectivity index (χ2v) is 9.62. The maximum Gasteiger partial charge on any atom is 0.416 e. The molecule has 0 spiro atoms. The number of amides is 2. The molecule has 9 heteroatoms. The van der Waals surface area contributed by atoms with Gasteiger partial charge in [-0.15, -0.1) is 0 Å². The normalized spacial score (nSPS) is 19.3. The number of urea groups is 1. The summed E-state index contributed by atoms with van der Waals surface area (Å²) in [7, 11) is 0. The van der Waals surface area contributed by atoms with E-state index in [1.807, 2.05) is 24.3 Å². The Morgan fingerprint density at radius 2 is 1.69 bits per heavy atom. The zero-order chi connectivity index (χ0) is 25.3. The van der Waals surface area contributed by atoms with Crippen LogP contribution in [0.5, 0.6) is 0 Å². The average molecular weight is 515 g/mol. The van der Waals surface area contributed by atoms with Crippen LogP contribution >= 0.6 is 11.6 Å². The Bertz CT molecular complexity index is 1210. The van der Waals surface area contributed by atoms with Crippen molar-refractivity contribution in [3.63, 3.8) is 0 Å². The summed E-state index contributed by atoms with van der Waals surface area (Å²) < 4.78 is 40.3. The van der Waals surface area contributed by atoms with Gasteiger partial charge in [0.2, 0.25) is 0 Å². The standard InChI is InChI=1S/C27H26ClF3N4O/c28-22-10-7-18(8-11-22)25(20-9-12-24(32-16-20)34-13-2-1-3-14-34)35-23(17-33-26(35)36)19-5-4-6-21(15-19)27(29,30)31/h4-12,15-16,23,25H,1-3,13-14,17H2,(H,33,36)/t23-,25?/m1/s1. The number of carbonyl (C=O) groups is 1. The minimum absolute atomic E-state index is 0.198. The van der Waals surface area contributed by atoms with E-state index < -0.39 is 23.8 Å². The van der Waals surface area contributed by atoms with Gasteiger partial charge in [-0.25, -0.2) is 9.78 Å². The lowest BCUT2D eigenvalue weighted by atomic mass is 9.95. The van der Waals surface area contributed by atoms with Crippen LogP contribution in [-0.4, -0.2) is 35.5 Å². The van der Waals surface area contributed by atoms with Crippen molar-refractivity contribution < 1.29 is 18.0 Å². The van der Waals surface area contributed by atoms with E-state index in [4.69, 9.17) is 16.6 Å². The number of aromatic nitrogens is 1. The van der Waals surface area contributed by atoms with E-state index >= 15 is 0 Å². The zero-order valence-electron chi connectivity index (χ0n) is 19.5. The van der Waals surface area contributed by atoms with Crippen LogP contribution in [0.3, 0.4) is 0 Å². The maximum atomic E-state index is 13.4.